The van der Waals surface area contributed by atoms with Gasteiger partial charge in [0.15, 0.2) is 0 Å². The van der Waals surface area contributed by atoms with Gasteiger partial charge in [0.1, 0.15) is 0 Å². The molecule has 1 aliphatic carbocycles. The van der Waals surface area contributed by atoms with E-state index >= 15 is 0 Å². The Morgan fingerprint density at radius 3 is 2.80 bits per heavy atom. The van der Waals surface area contributed by atoms with E-state index in [0.717, 1.165) is 38.9 Å². The minimum absolute atomic E-state index is 0.0754. The summed E-state index contributed by atoms with van der Waals surface area (Å²) in [5, 5.41) is 4.45. The van der Waals surface area contributed by atoms with Gasteiger partial charge in [0.25, 0.3) is 0 Å². The van der Waals surface area contributed by atoms with E-state index in [1.807, 2.05) is 0 Å². The Labute approximate surface area is 156 Å². The second kappa shape index (κ2) is 7.40. The van der Waals surface area contributed by atoms with Gasteiger partial charge in [-0.2, -0.15) is 11.3 Å². The van der Waals surface area contributed by atoms with E-state index in [-0.39, 0.29) is 5.41 Å². The van der Waals surface area contributed by atoms with Gasteiger partial charge < -0.3 is 4.90 Å². The van der Waals surface area contributed by atoms with Crippen LogP contribution >= 0.6 is 11.3 Å². The van der Waals surface area contributed by atoms with Crippen molar-refractivity contribution in [2.75, 3.05) is 19.6 Å². The molecule has 1 saturated carbocycles. The second-order valence-corrected chi connectivity index (χ2v) is 9.52. The first-order valence-electron chi connectivity index (χ1n) is 10.2. The average Bonchev–Trinajstić information content (AvgIpc) is 3.14. The molecule has 3 aliphatic rings. The van der Waals surface area contributed by atoms with E-state index in [0.29, 0.717) is 17.9 Å². The zero-order valence-electron chi connectivity index (χ0n) is 15.6. The first-order chi connectivity index (χ1) is 12.2. The molecule has 0 spiro atoms. The third-order valence-electron chi connectivity index (χ3n) is 6.87. The van der Waals surface area contributed by atoms with Crippen LogP contribution in [0.5, 0.6) is 0 Å². The fourth-order valence-electron chi connectivity index (χ4n) is 5.41. The van der Waals surface area contributed by atoms with E-state index < -0.39 is 0 Å². The highest BCUT2D eigenvalue weighted by Gasteiger charge is 2.44. The number of amides is 1. The third-order valence-corrected chi connectivity index (χ3v) is 7.60. The Hall–Kier alpha value is -0.870. The molecule has 4 rings (SSSR count). The second-order valence-electron chi connectivity index (χ2n) is 8.74. The van der Waals surface area contributed by atoms with E-state index in [1.54, 1.807) is 11.3 Å². The molecule has 0 radical (unpaired) electrons. The third kappa shape index (κ3) is 3.66. The van der Waals surface area contributed by atoms with Gasteiger partial charge in [0.2, 0.25) is 5.91 Å². The van der Waals surface area contributed by atoms with Crippen molar-refractivity contribution in [3.63, 3.8) is 0 Å². The van der Waals surface area contributed by atoms with Gasteiger partial charge in [0.05, 0.1) is 0 Å². The fraction of sp³-hybridized carbons (Fsp3) is 0.762. The Kier molecular flexibility index (Phi) is 5.19. The van der Waals surface area contributed by atoms with E-state index in [9.17, 15) is 4.79 Å². The molecule has 2 aliphatic heterocycles. The van der Waals surface area contributed by atoms with Crippen LogP contribution in [0.15, 0.2) is 16.8 Å². The number of piperidine rings is 2. The van der Waals surface area contributed by atoms with Crippen molar-refractivity contribution in [1.29, 1.82) is 0 Å². The molecule has 0 aromatic carbocycles. The number of likely N-dealkylation sites (tertiary alicyclic amines) is 2. The lowest BCUT2D eigenvalue weighted by Gasteiger charge is -2.50. The monoisotopic (exact) mass is 360 g/mol. The molecule has 0 unspecified atom stereocenters. The molecular weight excluding hydrogens is 328 g/mol. The van der Waals surface area contributed by atoms with Crippen LogP contribution in [0.3, 0.4) is 0 Å². The normalized spacial score (nSPS) is 30.0. The van der Waals surface area contributed by atoms with Crippen LogP contribution in [0.1, 0.15) is 63.9 Å². The molecule has 3 fully saturated rings. The van der Waals surface area contributed by atoms with Crippen LogP contribution in [0.25, 0.3) is 0 Å². The standard InChI is InChI=1S/C21H32N2OS/c1-21(9-3-2-4-10-21)20(24)23-11-5-6-18-15-22(12-7-19(18)23)14-17-8-13-25-16-17/h8,13,16,18-19H,2-7,9-12,14-15H2,1H3/t18-,19-/m1/s1. The van der Waals surface area contributed by atoms with Crippen molar-refractivity contribution in [3.05, 3.63) is 22.4 Å². The maximum atomic E-state index is 13.4. The summed E-state index contributed by atoms with van der Waals surface area (Å²) in [7, 11) is 0. The number of hydrogen-bond acceptors (Lipinski definition) is 3. The minimum atomic E-state index is -0.0754. The minimum Gasteiger partial charge on any atom is -0.339 e. The predicted molar refractivity (Wildman–Crippen MR) is 104 cm³/mol. The number of carbonyl (C=O) groups is 1. The topological polar surface area (TPSA) is 23.6 Å². The molecule has 4 heteroatoms. The summed E-state index contributed by atoms with van der Waals surface area (Å²) in [6.07, 6.45) is 9.63. The van der Waals surface area contributed by atoms with Gasteiger partial charge in [-0.1, -0.05) is 26.2 Å². The number of hydrogen-bond donors (Lipinski definition) is 0. The average molecular weight is 361 g/mol. The first-order valence-corrected chi connectivity index (χ1v) is 11.1. The number of rotatable bonds is 3. The Balaban J connectivity index is 1.41. The van der Waals surface area contributed by atoms with Crippen molar-refractivity contribution in [3.8, 4) is 0 Å². The molecule has 2 atom stereocenters. The highest BCUT2D eigenvalue weighted by atomic mass is 32.1. The van der Waals surface area contributed by atoms with E-state index in [4.69, 9.17) is 0 Å². The van der Waals surface area contributed by atoms with Crippen molar-refractivity contribution < 1.29 is 4.79 Å². The Morgan fingerprint density at radius 2 is 2.04 bits per heavy atom. The molecule has 3 nitrogen and oxygen atoms in total. The molecule has 0 bridgehead atoms. The molecule has 0 N–H and O–H groups in total. The van der Waals surface area contributed by atoms with E-state index in [1.165, 1.54) is 44.2 Å². The number of nitrogens with zero attached hydrogens (tertiary/aromatic N) is 2. The number of thiophene rings is 1. The Bertz CT molecular complexity index is 579. The SMILES string of the molecule is CC1(C(=O)N2CCC[C@@H]3CN(Cc4ccsc4)CC[C@H]32)CCCCC1. The summed E-state index contributed by atoms with van der Waals surface area (Å²) in [5.41, 5.74) is 1.37. The molecular formula is C21H32N2OS. The van der Waals surface area contributed by atoms with Crippen LogP contribution in [-0.2, 0) is 11.3 Å². The van der Waals surface area contributed by atoms with Crippen molar-refractivity contribution in [2.24, 2.45) is 11.3 Å². The van der Waals surface area contributed by atoms with Crippen molar-refractivity contribution >= 4 is 17.2 Å². The van der Waals surface area contributed by atoms with Gasteiger partial charge in [-0.25, -0.2) is 0 Å². The van der Waals surface area contributed by atoms with Crippen molar-refractivity contribution in [1.82, 2.24) is 9.80 Å². The lowest BCUT2D eigenvalue weighted by molar-refractivity contribution is -0.150. The zero-order valence-corrected chi connectivity index (χ0v) is 16.4. The zero-order chi connectivity index (χ0) is 17.3. The van der Waals surface area contributed by atoms with Crippen LogP contribution < -0.4 is 0 Å². The lowest BCUT2D eigenvalue weighted by atomic mass is 9.73. The van der Waals surface area contributed by atoms with Gasteiger partial charge in [-0.05, 0) is 60.4 Å². The smallest absolute Gasteiger partial charge is 0.228 e. The fourth-order valence-corrected chi connectivity index (χ4v) is 6.07. The highest BCUT2D eigenvalue weighted by molar-refractivity contribution is 7.07. The quantitative estimate of drug-likeness (QED) is 0.790. The Morgan fingerprint density at radius 1 is 1.20 bits per heavy atom. The summed E-state index contributed by atoms with van der Waals surface area (Å²) < 4.78 is 0. The first kappa shape index (κ1) is 17.5. The molecule has 1 amide bonds. The van der Waals surface area contributed by atoms with Crippen LogP contribution in [-0.4, -0.2) is 41.4 Å². The molecule has 3 heterocycles. The highest BCUT2D eigenvalue weighted by Crippen LogP contribution is 2.40. The van der Waals surface area contributed by atoms with Crippen LogP contribution in [0, 0.1) is 11.3 Å². The van der Waals surface area contributed by atoms with Crippen molar-refractivity contribution in [2.45, 2.75) is 70.9 Å². The lowest BCUT2D eigenvalue weighted by Crippen LogP contribution is -2.58. The van der Waals surface area contributed by atoms with Gasteiger partial charge in [-0.3, -0.25) is 9.69 Å². The maximum Gasteiger partial charge on any atom is 0.228 e. The van der Waals surface area contributed by atoms with Crippen LogP contribution in [0.4, 0.5) is 0 Å². The molecule has 1 aromatic rings. The van der Waals surface area contributed by atoms with Gasteiger partial charge in [0, 0.05) is 37.6 Å². The van der Waals surface area contributed by atoms with Gasteiger partial charge in [-0.15, -0.1) is 0 Å². The molecule has 2 saturated heterocycles. The summed E-state index contributed by atoms with van der Waals surface area (Å²) in [6.45, 7) is 6.63. The number of carbonyl (C=O) groups excluding carboxylic acids is 1. The summed E-state index contributed by atoms with van der Waals surface area (Å²) in [4.78, 5) is 18.3. The van der Waals surface area contributed by atoms with Gasteiger partial charge >= 0.3 is 0 Å². The molecule has 138 valence electrons. The summed E-state index contributed by atoms with van der Waals surface area (Å²) >= 11 is 1.79. The molecule has 25 heavy (non-hydrogen) atoms. The van der Waals surface area contributed by atoms with E-state index in [2.05, 4.69) is 33.6 Å². The largest absolute Gasteiger partial charge is 0.339 e. The summed E-state index contributed by atoms with van der Waals surface area (Å²) in [6, 6.07) is 2.75. The summed E-state index contributed by atoms with van der Waals surface area (Å²) in [5.74, 6) is 1.16. The number of fused-ring (bicyclic) bond motifs is 1. The van der Waals surface area contributed by atoms with Crippen LogP contribution in [0.2, 0.25) is 0 Å². The maximum absolute atomic E-state index is 13.4. The predicted octanol–water partition coefficient (Wildman–Crippen LogP) is 4.53. The molecule has 1 aromatic heterocycles.